The maximum Gasteiger partial charge on any atom is 0.254 e. The lowest BCUT2D eigenvalue weighted by Crippen LogP contribution is -2.32. The maximum absolute atomic E-state index is 9.02. The Balaban J connectivity index is 1.97. The highest BCUT2D eigenvalue weighted by molar-refractivity contribution is 5.37. The van der Waals surface area contributed by atoms with Crippen LogP contribution in [0.1, 0.15) is 56.3 Å². The molecule has 3 aromatic rings. The Hall–Kier alpha value is -2.35. The van der Waals surface area contributed by atoms with Gasteiger partial charge in [0, 0.05) is 12.8 Å². The molecule has 0 radical (unpaired) electrons. The van der Waals surface area contributed by atoms with Gasteiger partial charge in [-0.05, 0) is 43.5 Å². The molecule has 0 N–H and O–H groups in total. The van der Waals surface area contributed by atoms with Gasteiger partial charge in [0.25, 0.3) is 6.30 Å². The predicted octanol–water partition coefficient (Wildman–Crippen LogP) is 5.42. The second-order valence-electron chi connectivity index (χ2n) is 7.20. The van der Waals surface area contributed by atoms with Gasteiger partial charge in [0.05, 0.1) is 0 Å². The van der Waals surface area contributed by atoms with E-state index in [0.29, 0.717) is 12.2 Å². The Morgan fingerprint density at radius 3 is 2.32 bits per heavy atom. The Morgan fingerprint density at radius 2 is 1.60 bits per heavy atom. The lowest BCUT2D eigenvalue weighted by molar-refractivity contribution is -0.602. The van der Waals surface area contributed by atoms with Crippen molar-refractivity contribution in [2.24, 2.45) is 0 Å². The van der Waals surface area contributed by atoms with Gasteiger partial charge in [-0.1, -0.05) is 55.7 Å². The first-order valence-corrected chi connectivity index (χ1v) is 9.43. The molecule has 1 heterocycles. The summed E-state index contributed by atoms with van der Waals surface area (Å²) in [6.45, 7) is 4.31. The molecular formula is C23H27N2+. The second-order valence-corrected chi connectivity index (χ2v) is 7.20. The fourth-order valence-corrected chi connectivity index (χ4v) is 4.18. The van der Waals surface area contributed by atoms with Gasteiger partial charge in [0.15, 0.2) is 7.06 Å². The molecule has 4 rings (SSSR count). The molecule has 0 bridgehead atoms. The van der Waals surface area contributed by atoms with E-state index in [4.69, 9.17) is 1.37 Å². The van der Waals surface area contributed by atoms with Crippen LogP contribution >= 0.6 is 0 Å². The molecule has 0 unspecified atom stereocenters. The van der Waals surface area contributed by atoms with E-state index in [9.17, 15) is 0 Å². The van der Waals surface area contributed by atoms with Crippen molar-refractivity contribution in [2.75, 3.05) is 0 Å². The molecule has 1 aromatic heterocycles. The lowest BCUT2D eigenvalue weighted by Gasteiger charge is -2.20. The van der Waals surface area contributed by atoms with Crippen LogP contribution in [0.15, 0.2) is 60.9 Å². The average molecular weight is 332 g/mol. The normalized spacial score (nSPS) is 16.0. The SMILES string of the molecule is [2H]c1n(-c2ccccc2)c(C2CCCCC2)c(C)[n+]1-c1ccccc1C. The molecule has 2 heteroatoms. The Morgan fingerprint density at radius 1 is 0.920 bits per heavy atom. The molecule has 0 amide bonds. The van der Waals surface area contributed by atoms with E-state index >= 15 is 0 Å². The lowest BCUT2D eigenvalue weighted by atomic mass is 9.86. The monoisotopic (exact) mass is 332 g/mol. The topological polar surface area (TPSA) is 8.81 Å². The Bertz CT molecular complexity index is 905. The first-order valence-electron chi connectivity index (χ1n) is 9.93. The van der Waals surface area contributed by atoms with Gasteiger partial charge < -0.3 is 0 Å². The van der Waals surface area contributed by atoms with Gasteiger partial charge in [0.1, 0.15) is 17.1 Å². The third-order valence-electron chi connectivity index (χ3n) is 5.51. The minimum Gasteiger partial charge on any atom is -0.199 e. The number of hydrogen-bond acceptors (Lipinski definition) is 0. The first-order chi connectivity index (χ1) is 12.7. The third-order valence-corrected chi connectivity index (χ3v) is 5.51. The first kappa shape index (κ1) is 14.9. The van der Waals surface area contributed by atoms with Gasteiger partial charge in [-0.25, -0.2) is 0 Å². The number of imidazole rings is 1. The van der Waals surface area contributed by atoms with Crippen LogP contribution in [0, 0.1) is 13.8 Å². The highest BCUT2D eigenvalue weighted by atomic mass is 15.2. The minimum absolute atomic E-state index is 0.540. The number of para-hydroxylation sites is 2. The van der Waals surface area contributed by atoms with Gasteiger partial charge in [0.2, 0.25) is 0 Å². The van der Waals surface area contributed by atoms with Crippen LogP contribution in [0.3, 0.4) is 0 Å². The number of nitrogens with zero attached hydrogens (tertiary/aromatic N) is 2. The smallest absolute Gasteiger partial charge is 0.199 e. The predicted molar refractivity (Wildman–Crippen MR) is 103 cm³/mol. The van der Waals surface area contributed by atoms with Crippen LogP contribution in [-0.4, -0.2) is 4.57 Å². The largest absolute Gasteiger partial charge is 0.254 e. The highest BCUT2D eigenvalue weighted by Crippen LogP contribution is 2.35. The van der Waals surface area contributed by atoms with Crippen molar-refractivity contribution >= 4 is 0 Å². The van der Waals surface area contributed by atoms with Crippen molar-refractivity contribution in [3.63, 3.8) is 0 Å². The molecule has 2 aromatic carbocycles. The zero-order chi connectivity index (χ0) is 18.1. The quantitative estimate of drug-likeness (QED) is 0.566. The molecule has 0 spiro atoms. The van der Waals surface area contributed by atoms with Crippen molar-refractivity contribution < 1.29 is 5.94 Å². The molecule has 1 fully saturated rings. The summed E-state index contributed by atoms with van der Waals surface area (Å²) in [4.78, 5) is 0. The van der Waals surface area contributed by atoms with Crippen molar-refractivity contribution in [2.45, 2.75) is 51.9 Å². The van der Waals surface area contributed by atoms with Crippen molar-refractivity contribution in [3.05, 3.63) is 77.9 Å². The van der Waals surface area contributed by atoms with Crippen molar-refractivity contribution in [3.8, 4) is 11.4 Å². The van der Waals surface area contributed by atoms with E-state index in [0.717, 1.165) is 11.4 Å². The van der Waals surface area contributed by atoms with Crippen molar-refractivity contribution in [1.29, 1.82) is 0 Å². The van der Waals surface area contributed by atoms with Crippen LogP contribution in [0.2, 0.25) is 0 Å². The van der Waals surface area contributed by atoms with Gasteiger partial charge in [-0.15, -0.1) is 0 Å². The van der Waals surface area contributed by atoms with Gasteiger partial charge >= 0.3 is 0 Å². The van der Waals surface area contributed by atoms with Gasteiger partial charge in [-0.2, -0.15) is 9.13 Å². The number of benzene rings is 2. The van der Waals surface area contributed by atoms with E-state index in [1.807, 2.05) is 6.07 Å². The molecule has 0 atom stereocenters. The molecule has 25 heavy (non-hydrogen) atoms. The summed E-state index contributed by atoms with van der Waals surface area (Å²) < 4.78 is 13.3. The molecular weight excluding hydrogens is 304 g/mol. The van der Waals surface area contributed by atoms with E-state index in [1.54, 1.807) is 0 Å². The fourth-order valence-electron chi connectivity index (χ4n) is 4.18. The molecule has 2 nitrogen and oxygen atoms in total. The number of aryl methyl sites for hydroxylation is 1. The molecule has 0 aliphatic heterocycles. The van der Waals surface area contributed by atoms with E-state index in [-0.39, 0.29) is 0 Å². The molecule has 1 saturated carbocycles. The van der Waals surface area contributed by atoms with Crippen molar-refractivity contribution in [1.82, 2.24) is 4.57 Å². The molecule has 1 aliphatic rings. The molecule has 0 saturated heterocycles. The standard InChI is InChI=1S/C23H27N2/c1-18-11-9-10-16-22(18)24-17-25(21-14-7-4-8-15-21)23(19(24)2)20-12-5-3-6-13-20/h4,7-11,14-17,20H,3,5-6,12-13H2,1-2H3/q+1/i17D. The van der Waals surface area contributed by atoms with Crippen LogP contribution in [-0.2, 0) is 0 Å². The second kappa shape index (κ2) is 6.87. The zero-order valence-electron chi connectivity index (χ0n) is 16.2. The number of hydrogen-bond donors (Lipinski definition) is 0. The molecule has 128 valence electrons. The summed E-state index contributed by atoms with van der Waals surface area (Å²) in [6.07, 6.45) is 6.93. The summed E-state index contributed by atoms with van der Waals surface area (Å²) in [5, 5.41) is 0. The summed E-state index contributed by atoms with van der Waals surface area (Å²) in [5.74, 6) is 0.540. The zero-order valence-corrected chi connectivity index (χ0v) is 15.2. The van der Waals surface area contributed by atoms with E-state index < -0.39 is 0 Å². The minimum atomic E-state index is 0.540. The average Bonchev–Trinajstić information content (AvgIpc) is 2.94. The Kier molecular flexibility index (Phi) is 4.11. The third kappa shape index (κ3) is 3.02. The maximum atomic E-state index is 9.02. The Labute approximate surface area is 152 Å². The number of aromatic nitrogens is 2. The highest BCUT2D eigenvalue weighted by Gasteiger charge is 2.30. The fraction of sp³-hybridized carbons (Fsp3) is 0.348. The van der Waals surface area contributed by atoms with Crippen LogP contribution < -0.4 is 4.57 Å². The number of rotatable bonds is 3. The summed E-state index contributed by atoms with van der Waals surface area (Å²) in [6, 6.07) is 18.8. The van der Waals surface area contributed by atoms with E-state index in [1.165, 1.54) is 49.1 Å². The summed E-state index contributed by atoms with van der Waals surface area (Å²) in [7, 11) is 0. The molecule has 1 aliphatic carbocycles. The van der Waals surface area contributed by atoms with Crippen LogP contribution in [0.4, 0.5) is 0 Å². The van der Waals surface area contributed by atoms with Crippen LogP contribution in [0.25, 0.3) is 11.4 Å². The summed E-state index contributed by atoms with van der Waals surface area (Å²) in [5.41, 5.74) is 5.94. The summed E-state index contributed by atoms with van der Waals surface area (Å²) >= 11 is 0. The van der Waals surface area contributed by atoms with Gasteiger partial charge in [-0.3, -0.25) is 0 Å². The van der Waals surface area contributed by atoms with E-state index in [2.05, 4.69) is 71.5 Å². The van der Waals surface area contributed by atoms with Crippen LogP contribution in [0.5, 0.6) is 0 Å².